The second kappa shape index (κ2) is 4.53. The Morgan fingerprint density at radius 2 is 1.84 bits per heavy atom. The quantitative estimate of drug-likeness (QED) is 0.754. The molecule has 0 saturated heterocycles. The van der Waals surface area contributed by atoms with Crippen LogP contribution in [0.4, 0.5) is 0 Å². The molecule has 1 heterocycles. The Morgan fingerprint density at radius 3 is 2.68 bits per heavy atom. The van der Waals surface area contributed by atoms with Gasteiger partial charge in [0.2, 0.25) is 0 Å². The lowest BCUT2D eigenvalue weighted by molar-refractivity contribution is 0.0697. The number of rotatable bonds is 2. The SMILES string of the molecule is O=C(O)c1cccc(-c2ccnc3ccccc23)c1. The fourth-order valence-corrected chi connectivity index (χ4v) is 2.17. The van der Waals surface area contributed by atoms with Crippen LogP contribution in [0.1, 0.15) is 10.4 Å². The highest BCUT2D eigenvalue weighted by Gasteiger charge is 2.07. The van der Waals surface area contributed by atoms with Gasteiger partial charge in [-0.15, -0.1) is 0 Å². The number of fused-ring (bicyclic) bond motifs is 1. The van der Waals surface area contributed by atoms with Gasteiger partial charge in [-0.3, -0.25) is 4.98 Å². The number of carbonyl (C=O) groups is 1. The highest BCUT2D eigenvalue weighted by molar-refractivity contribution is 5.96. The van der Waals surface area contributed by atoms with Gasteiger partial charge in [0, 0.05) is 11.6 Å². The molecule has 1 N–H and O–H groups in total. The van der Waals surface area contributed by atoms with E-state index in [2.05, 4.69) is 4.98 Å². The molecule has 0 saturated carbocycles. The molecule has 0 spiro atoms. The third kappa shape index (κ3) is 2.06. The molecule has 3 heteroatoms. The van der Waals surface area contributed by atoms with Gasteiger partial charge >= 0.3 is 5.97 Å². The number of carboxylic acids is 1. The van der Waals surface area contributed by atoms with Crippen molar-refractivity contribution in [2.75, 3.05) is 0 Å². The fourth-order valence-electron chi connectivity index (χ4n) is 2.17. The van der Waals surface area contributed by atoms with E-state index in [-0.39, 0.29) is 0 Å². The average molecular weight is 249 g/mol. The Balaban J connectivity index is 2.24. The molecular formula is C16H11NO2. The monoisotopic (exact) mass is 249 g/mol. The second-order valence-corrected chi connectivity index (χ2v) is 4.26. The molecule has 0 atom stereocenters. The topological polar surface area (TPSA) is 50.2 Å². The Kier molecular flexibility index (Phi) is 2.72. The Morgan fingerprint density at radius 1 is 1.00 bits per heavy atom. The van der Waals surface area contributed by atoms with Crippen molar-refractivity contribution in [1.29, 1.82) is 0 Å². The van der Waals surface area contributed by atoms with Crippen LogP contribution in [0.15, 0.2) is 60.8 Å². The van der Waals surface area contributed by atoms with E-state index in [9.17, 15) is 4.79 Å². The maximum atomic E-state index is 11.0. The number of aromatic carboxylic acids is 1. The van der Waals surface area contributed by atoms with Crippen LogP contribution < -0.4 is 0 Å². The van der Waals surface area contributed by atoms with Gasteiger partial charge in [-0.25, -0.2) is 4.79 Å². The van der Waals surface area contributed by atoms with E-state index in [0.29, 0.717) is 5.56 Å². The second-order valence-electron chi connectivity index (χ2n) is 4.26. The van der Waals surface area contributed by atoms with Gasteiger partial charge in [0.05, 0.1) is 11.1 Å². The van der Waals surface area contributed by atoms with Gasteiger partial charge in [0.25, 0.3) is 0 Å². The fraction of sp³-hybridized carbons (Fsp3) is 0. The zero-order chi connectivity index (χ0) is 13.2. The number of hydrogen-bond donors (Lipinski definition) is 1. The molecule has 0 unspecified atom stereocenters. The molecule has 3 aromatic rings. The molecule has 19 heavy (non-hydrogen) atoms. The first-order valence-electron chi connectivity index (χ1n) is 5.93. The Labute approximate surface area is 110 Å². The van der Waals surface area contributed by atoms with Crippen LogP contribution in [-0.2, 0) is 0 Å². The standard InChI is InChI=1S/C16H11NO2/c18-16(19)12-5-3-4-11(10-12)13-8-9-17-15-7-2-1-6-14(13)15/h1-10H,(H,18,19). The molecule has 0 aliphatic heterocycles. The summed E-state index contributed by atoms with van der Waals surface area (Å²) in [5.41, 5.74) is 3.08. The lowest BCUT2D eigenvalue weighted by atomic mass is 10.00. The summed E-state index contributed by atoms with van der Waals surface area (Å²) in [7, 11) is 0. The largest absolute Gasteiger partial charge is 0.478 e. The smallest absolute Gasteiger partial charge is 0.335 e. The third-order valence-electron chi connectivity index (χ3n) is 3.07. The number of nitrogens with zero attached hydrogens (tertiary/aromatic N) is 1. The minimum atomic E-state index is -0.916. The van der Waals surface area contributed by atoms with Crippen molar-refractivity contribution in [1.82, 2.24) is 4.98 Å². The van der Waals surface area contributed by atoms with E-state index in [1.54, 1.807) is 24.4 Å². The van der Waals surface area contributed by atoms with E-state index < -0.39 is 5.97 Å². The van der Waals surface area contributed by atoms with Gasteiger partial charge < -0.3 is 5.11 Å². The molecular weight excluding hydrogens is 238 g/mol. The minimum Gasteiger partial charge on any atom is -0.478 e. The summed E-state index contributed by atoms with van der Waals surface area (Å²) in [6, 6.07) is 16.7. The van der Waals surface area contributed by atoms with Crippen molar-refractivity contribution in [2.24, 2.45) is 0 Å². The minimum absolute atomic E-state index is 0.290. The van der Waals surface area contributed by atoms with Crippen LogP contribution in [-0.4, -0.2) is 16.1 Å². The molecule has 0 fully saturated rings. The highest BCUT2D eigenvalue weighted by atomic mass is 16.4. The van der Waals surface area contributed by atoms with Crippen LogP contribution in [0.2, 0.25) is 0 Å². The Hall–Kier alpha value is -2.68. The number of hydrogen-bond acceptors (Lipinski definition) is 2. The molecule has 0 aliphatic carbocycles. The highest BCUT2D eigenvalue weighted by Crippen LogP contribution is 2.27. The molecule has 1 aromatic heterocycles. The number of para-hydroxylation sites is 1. The first-order valence-corrected chi connectivity index (χ1v) is 5.93. The van der Waals surface area contributed by atoms with Crippen molar-refractivity contribution >= 4 is 16.9 Å². The van der Waals surface area contributed by atoms with Gasteiger partial charge in [-0.1, -0.05) is 30.3 Å². The number of carboxylic acid groups (broad SMARTS) is 1. The third-order valence-corrected chi connectivity index (χ3v) is 3.07. The zero-order valence-electron chi connectivity index (χ0n) is 10.1. The predicted octanol–water partition coefficient (Wildman–Crippen LogP) is 3.60. The molecule has 0 bridgehead atoms. The first kappa shape index (κ1) is 11.4. The van der Waals surface area contributed by atoms with Crippen LogP contribution >= 0.6 is 0 Å². The molecule has 3 nitrogen and oxygen atoms in total. The van der Waals surface area contributed by atoms with Crippen molar-refractivity contribution in [3.8, 4) is 11.1 Å². The average Bonchev–Trinajstić information content (AvgIpc) is 2.47. The molecule has 0 aliphatic rings. The van der Waals surface area contributed by atoms with Crippen LogP contribution in [0, 0.1) is 0 Å². The summed E-state index contributed by atoms with van der Waals surface area (Å²) >= 11 is 0. The van der Waals surface area contributed by atoms with Crippen molar-refractivity contribution in [3.63, 3.8) is 0 Å². The summed E-state index contributed by atoms with van der Waals surface area (Å²) in [6.45, 7) is 0. The van der Waals surface area contributed by atoms with E-state index >= 15 is 0 Å². The lowest BCUT2D eigenvalue weighted by Crippen LogP contribution is -1.96. The number of benzene rings is 2. The molecule has 0 radical (unpaired) electrons. The summed E-state index contributed by atoms with van der Waals surface area (Å²) in [6.07, 6.45) is 1.74. The van der Waals surface area contributed by atoms with Crippen LogP contribution in [0.25, 0.3) is 22.0 Å². The summed E-state index contributed by atoms with van der Waals surface area (Å²) in [4.78, 5) is 15.3. The molecule has 92 valence electrons. The van der Waals surface area contributed by atoms with Gasteiger partial charge in [0.15, 0.2) is 0 Å². The van der Waals surface area contributed by atoms with Gasteiger partial charge in [-0.05, 0) is 35.4 Å². The van der Waals surface area contributed by atoms with E-state index in [0.717, 1.165) is 22.0 Å². The first-order chi connectivity index (χ1) is 9.25. The number of pyridine rings is 1. The van der Waals surface area contributed by atoms with Crippen molar-refractivity contribution in [2.45, 2.75) is 0 Å². The van der Waals surface area contributed by atoms with Crippen molar-refractivity contribution in [3.05, 3.63) is 66.4 Å². The lowest BCUT2D eigenvalue weighted by Gasteiger charge is -2.06. The van der Waals surface area contributed by atoms with Crippen LogP contribution in [0.3, 0.4) is 0 Å². The van der Waals surface area contributed by atoms with E-state index in [1.807, 2.05) is 36.4 Å². The van der Waals surface area contributed by atoms with Crippen molar-refractivity contribution < 1.29 is 9.90 Å². The predicted molar refractivity (Wildman–Crippen MR) is 74.1 cm³/mol. The normalized spacial score (nSPS) is 10.5. The summed E-state index contributed by atoms with van der Waals surface area (Å²) in [5, 5.41) is 10.1. The summed E-state index contributed by atoms with van der Waals surface area (Å²) < 4.78 is 0. The molecule has 2 aromatic carbocycles. The zero-order valence-corrected chi connectivity index (χ0v) is 10.1. The maximum Gasteiger partial charge on any atom is 0.335 e. The maximum absolute atomic E-state index is 11.0. The van der Waals surface area contributed by atoms with E-state index in [1.165, 1.54) is 0 Å². The molecule has 0 amide bonds. The van der Waals surface area contributed by atoms with Gasteiger partial charge in [-0.2, -0.15) is 0 Å². The Bertz CT molecular complexity index is 760. The molecule has 3 rings (SSSR count). The van der Waals surface area contributed by atoms with Gasteiger partial charge in [0.1, 0.15) is 0 Å². The van der Waals surface area contributed by atoms with E-state index in [4.69, 9.17) is 5.11 Å². The van der Waals surface area contributed by atoms with Crippen LogP contribution in [0.5, 0.6) is 0 Å². The number of aromatic nitrogens is 1. The summed E-state index contributed by atoms with van der Waals surface area (Å²) in [5.74, 6) is -0.916.